The zero-order valence-corrected chi connectivity index (χ0v) is 9.27. The summed E-state index contributed by atoms with van der Waals surface area (Å²) in [4.78, 5) is 2.27. The smallest absolute Gasteiger partial charge is 0.0441 e. The van der Waals surface area contributed by atoms with Crippen LogP contribution in [0.25, 0.3) is 0 Å². The van der Waals surface area contributed by atoms with Crippen molar-refractivity contribution in [3.8, 4) is 0 Å². The largest absolute Gasteiger partial charge is 0.368 e. The summed E-state index contributed by atoms with van der Waals surface area (Å²) in [6, 6.07) is 10.9. The van der Waals surface area contributed by atoms with Gasteiger partial charge in [0, 0.05) is 18.8 Å². The first-order chi connectivity index (χ1) is 6.75. The Morgan fingerprint density at radius 2 is 1.93 bits per heavy atom. The van der Waals surface area contributed by atoms with Gasteiger partial charge in [-0.2, -0.15) is 0 Å². The summed E-state index contributed by atoms with van der Waals surface area (Å²) >= 11 is 0. The summed E-state index contributed by atoms with van der Waals surface area (Å²) in [6.07, 6.45) is 5.56. The topological polar surface area (TPSA) is 3.24 Å². The standard InChI is InChI=1S/C13H19N/c1-4-5-9-12(2)14(3)13-10-7-6-8-11-13/h5-12H,4H2,1-3H3/b9-5+. The lowest BCUT2D eigenvalue weighted by atomic mass is 10.2. The number of para-hydroxylation sites is 1. The molecule has 0 spiro atoms. The van der Waals surface area contributed by atoms with E-state index in [1.807, 2.05) is 6.07 Å². The number of anilines is 1. The summed E-state index contributed by atoms with van der Waals surface area (Å²) in [5, 5.41) is 0. The van der Waals surface area contributed by atoms with E-state index in [0.29, 0.717) is 6.04 Å². The Hall–Kier alpha value is -1.24. The Morgan fingerprint density at radius 3 is 2.50 bits per heavy atom. The molecule has 0 fully saturated rings. The number of likely N-dealkylation sites (N-methyl/N-ethyl adjacent to an activating group) is 1. The molecule has 0 bridgehead atoms. The summed E-state index contributed by atoms with van der Waals surface area (Å²) in [6.45, 7) is 4.37. The number of hydrogen-bond acceptors (Lipinski definition) is 1. The number of allylic oxidation sites excluding steroid dienone is 1. The number of benzene rings is 1. The Labute approximate surface area is 87.1 Å². The molecule has 0 N–H and O–H groups in total. The van der Waals surface area contributed by atoms with Crippen LogP contribution in [0.1, 0.15) is 20.3 Å². The average Bonchev–Trinajstić information content (AvgIpc) is 2.26. The maximum atomic E-state index is 2.27. The molecule has 14 heavy (non-hydrogen) atoms. The Balaban J connectivity index is 2.65. The monoisotopic (exact) mass is 189 g/mol. The highest BCUT2D eigenvalue weighted by molar-refractivity contribution is 5.46. The maximum Gasteiger partial charge on any atom is 0.0441 e. The summed E-state index contributed by atoms with van der Waals surface area (Å²) in [7, 11) is 2.12. The molecule has 1 rings (SSSR count). The predicted octanol–water partition coefficient (Wildman–Crippen LogP) is 3.48. The van der Waals surface area contributed by atoms with Crippen molar-refractivity contribution in [1.29, 1.82) is 0 Å². The first-order valence-corrected chi connectivity index (χ1v) is 5.20. The molecule has 0 aliphatic rings. The molecule has 0 aromatic heterocycles. The maximum absolute atomic E-state index is 2.27. The highest BCUT2D eigenvalue weighted by Gasteiger charge is 2.04. The van der Waals surface area contributed by atoms with Crippen LogP contribution in [0.15, 0.2) is 42.5 Å². The normalized spacial score (nSPS) is 13.1. The minimum atomic E-state index is 0.456. The van der Waals surface area contributed by atoms with Gasteiger partial charge in [-0.1, -0.05) is 37.3 Å². The molecule has 1 unspecified atom stereocenters. The molecule has 0 radical (unpaired) electrons. The molecule has 0 saturated carbocycles. The van der Waals surface area contributed by atoms with Gasteiger partial charge in [0.05, 0.1) is 0 Å². The van der Waals surface area contributed by atoms with Gasteiger partial charge in [0.2, 0.25) is 0 Å². The van der Waals surface area contributed by atoms with E-state index in [0.717, 1.165) is 6.42 Å². The lowest BCUT2D eigenvalue weighted by Crippen LogP contribution is -2.26. The van der Waals surface area contributed by atoms with E-state index >= 15 is 0 Å². The van der Waals surface area contributed by atoms with E-state index in [9.17, 15) is 0 Å². The average molecular weight is 189 g/mol. The van der Waals surface area contributed by atoms with Crippen LogP contribution in [-0.2, 0) is 0 Å². The van der Waals surface area contributed by atoms with Crippen molar-refractivity contribution in [3.63, 3.8) is 0 Å². The van der Waals surface area contributed by atoms with Crippen LogP contribution >= 0.6 is 0 Å². The molecule has 1 aromatic rings. The zero-order chi connectivity index (χ0) is 10.4. The summed E-state index contributed by atoms with van der Waals surface area (Å²) in [5.74, 6) is 0. The predicted molar refractivity (Wildman–Crippen MR) is 63.7 cm³/mol. The molecule has 0 heterocycles. The lowest BCUT2D eigenvalue weighted by molar-refractivity contribution is 0.819. The number of nitrogens with zero attached hydrogens (tertiary/aromatic N) is 1. The van der Waals surface area contributed by atoms with E-state index in [1.54, 1.807) is 0 Å². The lowest BCUT2D eigenvalue weighted by Gasteiger charge is -2.24. The van der Waals surface area contributed by atoms with Crippen molar-refractivity contribution in [2.75, 3.05) is 11.9 Å². The van der Waals surface area contributed by atoms with E-state index in [1.165, 1.54) is 5.69 Å². The van der Waals surface area contributed by atoms with Gasteiger partial charge in [0.25, 0.3) is 0 Å². The first-order valence-electron chi connectivity index (χ1n) is 5.20. The third-order valence-corrected chi connectivity index (χ3v) is 2.42. The molecule has 1 atom stereocenters. The molecule has 1 aromatic carbocycles. The van der Waals surface area contributed by atoms with Gasteiger partial charge >= 0.3 is 0 Å². The van der Waals surface area contributed by atoms with Gasteiger partial charge in [-0.25, -0.2) is 0 Å². The highest BCUT2D eigenvalue weighted by atomic mass is 15.1. The molecule has 0 aliphatic heterocycles. The van der Waals surface area contributed by atoms with Gasteiger partial charge in [0.15, 0.2) is 0 Å². The van der Waals surface area contributed by atoms with Crippen LogP contribution in [-0.4, -0.2) is 13.1 Å². The van der Waals surface area contributed by atoms with Gasteiger partial charge in [0.1, 0.15) is 0 Å². The molecule has 0 amide bonds. The minimum absolute atomic E-state index is 0.456. The zero-order valence-electron chi connectivity index (χ0n) is 9.27. The van der Waals surface area contributed by atoms with Crippen molar-refractivity contribution in [3.05, 3.63) is 42.5 Å². The van der Waals surface area contributed by atoms with Crippen molar-refractivity contribution < 1.29 is 0 Å². The second kappa shape index (κ2) is 5.48. The van der Waals surface area contributed by atoms with Crippen molar-refractivity contribution in [2.45, 2.75) is 26.3 Å². The number of hydrogen-bond donors (Lipinski definition) is 0. The van der Waals surface area contributed by atoms with E-state index in [4.69, 9.17) is 0 Å². The molecular formula is C13H19N. The minimum Gasteiger partial charge on any atom is -0.368 e. The quantitative estimate of drug-likeness (QED) is 0.655. The van der Waals surface area contributed by atoms with Crippen LogP contribution in [0.5, 0.6) is 0 Å². The fraction of sp³-hybridized carbons (Fsp3) is 0.385. The number of rotatable bonds is 4. The van der Waals surface area contributed by atoms with Gasteiger partial charge in [-0.3, -0.25) is 0 Å². The van der Waals surface area contributed by atoms with Crippen LogP contribution in [0, 0.1) is 0 Å². The highest BCUT2D eigenvalue weighted by Crippen LogP contribution is 2.14. The molecule has 0 saturated heterocycles. The fourth-order valence-electron chi connectivity index (χ4n) is 1.36. The van der Waals surface area contributed by atoms with Gasteiger partial charge in [-0.05, 0) is 25.5 Å². The molecule has 0 aliphatic carbocycles. The Kier molecular flexibility index (Phi) is 4.24. The van der Waals surface area contributed by atoms with Crippen LogP contribution in [0.2, 0.25) is 0 Å². The van der Waals surface area contributed by atoms with Crippen molar-refractivity contribution in [2.24, 2.45) is 0 Å². The Morgan fingerprint density at radius 1 is 1.29 bits per heavy atom. The second-order valence-corrected chi connectivity index (χ2v) is 3.52. The molecule has 76 valence electrons. The van der Waals surface area contributed by atoms with E-state index in [2.05, 4.69) is 62.2 Å². The van der Waals surface area contributed by atoms with E-state index < -0.39 is 0 Å². The fourth-order valence-corrected chi connectivity index (χ4v) is 1.36. The van der Waals surface area contributed by atoms with Gasteiger partial charge < -0.3 is 4.90 Å². The second-order valence-electron chi connectivity index (χ2n) is 3.52. The van der Waals surface area contributed by atoms with E-state index in [-0.39, 0.29) is 0 Å². The third-order valence-electron chi connectivity index (χ3n) is 2.42. The van der Waals surface area contributed by atoms with Crippen molar-refractivity contribution in [1.82, 2.24) is 0 Å². The van der Waals surface area contributed by atoms with Crippen LogP contribution < -0.4 is 4.90 Å². The SMILES string of the molecule is CC/C=C/C(C)N(C)c1ccccc1. The molecule has 1 heteroatoms. The third kappa shape index (κ3) is 2.91. The molecule has 1 nitrogen and oxygen atoms in total. The van der Waals surface area contributed by atoms with Crippen LogP contribution in [0.3, 0.4) is 0 Å². The van der Waals surface area contributed by atoms with Crippen molar-refractivity contribution >= 4 is 5.69 Å². The van der Waals surface area contributed by atoms with Crippen LogP contribution in [0.4, 0.5) is 5.69 Å². The first kappa shape index (κ1) is 10.8. The Bertz CT molecular complexity index is 277. The van der Waals surface area contributed by atoms with Gasteiger partial charge in [-0.15, -0.1) is 0 Å². The summed E-state index contributed by atoms with van der Waals surface area (Å²) in [5.41, 5.74) is 1.26. The molecular weight excluding hydrogens is 170 g/mol. The summed E-state index contributed by atoms with van der Waals surface area (Å²) < 4.78 is 0.